The summed E-state index contributed by atoms with van der Waals surface area (Å²) in [5.74, 6) is 0. The van der Waals surface area contributed by atoms with Crippen molar-refractivity contribution in [3.63, 3.8) is 0 Å². The van der Waals surface area contributed by atoms with Gasteiger partial charge in [0.05, 0.1) is 5.69 Å². The molecule has 2 nitrogen and oxygen atoms in total. The highest BCUT2D eigenvalue weighted by Gasteiger charge is 2.06. The number of thiocarbonyl (C=S) groups is 1. The van der Waals surface area contributed by atoms with Crippen molar-refractivity contribution in [1.82, 2.24) is 0 Å². The summed E-state index contributed by atoms with van der Waals surface area (Å²) in [6, 6.07) is 14.2. The molecule has 0 atom stereocenters. The molecular weight excluding hydrogens is 332 g/mol. The predicted molar refractivity (Wildman–Crippen MR) is 93.7 cm³/mol. The van der Waals surface area contributed by atoms with Gasteiger partial charge in [-0.2, -0.15) is 0 Å². The second kappa shape index (κ2) is 6.86. The number of hydrogen-bond donors (Lipinski definition) is 2. The van der Waals surface area contributed by atoms with Crippen molar-refractivity contribution in [2.75, 3.05) is 5.32 Å². The zero-order chi connectivity index (χ0) is 14.5. The zero-order valence-corrected chi connectivity index (χ0v) is 13.7. The lowest BCUT2D eigenvalue weighted by Crippen LogP contribution is -2.09. The van der Waals surface area contributed by atoms with Gasteiger partial charge < -0.3 is 11.1 Å². The van der Waals surface area contributed by atoms with Crippen LogP contribution in [0.25, 0.3) is 0 Å². The fraction of sp³-hybridized carbons (Fsp3) is 0.188. The van der Waals surface area contributed by atoms with Gasteiger partial charge in [0.2, 0.25) is 0 Å². The van der Waals surface area contributed by atoms with Crippen molar-refractivity contribution >= 4 is 44.5 Å². The van der Waals surface area contributed by atoms with Crippen LogP contribution in [0.5, 0.6) is 0 Å². The Morgan fingerprint density at radius 3 is 2.60 bits per heavy atom. The average Bonchev–Trinajstić information content (AvgIpc) is 2.43. The normalized spacial score (nSPS) is 10.3. The Kier molecular flexibility index (Phi) is 5.15. The van der Waals surface area contributed by atoms with Gasteiger partial charge in [0, 0.05) is 15.7 Å². The third kappa shape index (κ3) is 3.58. The SMILES string of the molecule is CCCc1ccccc1Nc1ccc(C(N)=S)cc1Br. The molecule has 0 aliphatic rings. The molecule has 0 saturated carbocycles. The lowest BCUT2D eigenvalue weighted by Gasteiger charge is -2.13. The Labute approximate surface area is 133 Å². The second-order valence-corrected chi connectivity index (χ2v) is 5.89. The monoisotopic (exact) mass is 348 g/mol. The Morgan fingerprint density at radius 2 is 1.95 bits per heavy atom. The molecule has 0 spiro atoms. The van der Waals surface area contributed by atoms with Crippen LogP contribution in [0.15, 0.2) is 46.9 Å². The van der Waals surface area contributed by atoms with Crippen molar-refractivity contribution in [1.29, 1.82) is 0 Å². The molecule has 0 aliphatic heterocycles. The van der Waals surface area contributed by atoms with E-state index in [1.165, 1.54) is 5.56 Å². The number of aryl methyl sites for hydroxylation is 1. The van der Waals surface area contributed by atoms with Gasteiger partial charge in [0.25, 0.3) is 0 Å². The maximum Gasteiger partial charge on any atom is 0.104 e. The molecule has 104 valence electrons. The minimum Gasteiger partial charge on any atom is -0.389 e. The van der Waals surface area contributed by atoms with E-state index in [4.69, 9.17) is 18.0 Å². The molecule has 4 heteroatoms. The minimum absolute atomic E-state index is 0.406. The van der Waals surface area contributed by atoms with Crippen molar-refractivity contribution in [3.8, 4) is 0 Å². The third-order valence-corrected chi connectivity index (χ3v) is 3.95. The number of rotatable bonds is 5. The average molecular weight is 349 g/mol. The highest BCUT2D eigenvalue weighted by atomic mass is 79.9. The fourth-order valence-corrected chi connectivity index (χ4v) is 2.65. The van der Waals surface area contributed by atoms with Crippen LogP contribution in [0.3, 0.4) is 0 Å². The van der Waals surface area contributed by atoms with Crippen molar-refractivity contribution in [3.05, 3.63) is 58.1 Å². The number of nitrogens with two attached hydrogens (primary N) is 1. The molecule has 2 rings (SSSR count). The standard InChI is InChI=1S/C16H17BrN2S/c1-2-5-11-6-3-4-7-14(11)19-15-9-8-12(16(18)20)10-13(15)17/h3-4,6-10,19H,2,5H2,1H3,(H2,18,20). The first-order valence-electron chi connectivity index (χ1n) is 6.56. The van der Waals surface area contributed by atoms with Crippen LogP contribution in [0.4, 0.5) is 11.4 Å². The smallest absolute Gasteiger partial charge is 0.104 e. The number of benzene rings is 2. The third-order valence-electron chi connectivity index (χ3n) is 3.06. The summed E-state index contributed by atoms with van der Waals surface area (Å²) in [5, 5.41) is 3.46. The molecule has 0 amide bonds. The topological polar surface area (TPSA) is 38.0 Å². The summed E-state index contributed by atoms with van der Waals surface area (Å²) >= 11 is 8.55. The molecule has 2 aromatic rings. The lowest BCUT2D eigenvalue weighted by molar-refractivity contribution is 0.923. The highest BCUT2D eigenvalue weighted by molar-refractivity contribution is 9.10. The molecule has 0 heterocycles. The molecule has 3 N–H and O–H groups in total. The van der Waals surface area contributed by atoms with Gasteiger partial charge in [-0.1, -0.05) is 43.8 Å². The van der Waals surface area contributed by atoms with Crippen LogP contribution < -0.4 is 11.1 Å². The minimum atomic E-state index is 0.406. The van der Waals surface area contributed by atoms with Crippen LogP contribution >= 0.6 is 28.1 Å². The van der Waals surface area contributed by atoms with Crippen molar-refractivity contribution < 1.29 is 0 Å². The van der Waals surface area contributed by atoms with Gasteiger partial charge >= 0.3 is 0 Å². The Balaban J connectivity index is 2.28. The molecule has 0 fully saturated rings. The van der Waals surface area contributed by atoms with Gasteiger partial charge in [-0.15, -0.1) is 0 Å². The van der Waals surface area contributed by atoms with Crippen LogP contribution in [0.2, 0.25) is 0 Å². The van der Waals surface area contributed by atoms with Crippen molar-refractivity contribution in [2.24, 2.45) is 5.73 Å². The summed E-state index contributed by atoms with van der Waals surface area (Å²) in [4.78, 5) is 0.406. The van der Waals surface area contributed by atoms with Gasteiger partial charge in [-0.3, -0.25) is 0 Å². The number of nitrogens with one attached hydrogen (secondary N) is 1. The van der Waals surface area contributed by atoms with E-state index in [1.54, 1.807) is 0 Å². The van der Waals surface area contributed by atoms with Crippen LogP contribution in [-0.2, 0) is 6.42 Å². The molecule has 0 unspecified atom stereocenters. The fourth-order valence-electron chi connectivity index (χ4n) is 2.04. The summed E-state index contributed by atoms with van der Waals surface area (Å²) in [5.41, 5.74) is 9.96. The molecular formula is C16H17BrN2S. The largest absolute Gasteiger partial charge is 0.389 e. The van der Waals surface area contributed by atoms with E-state index in [9.17, 15) is 0 Å². The van der Waals surface area contributed by atoms with E-state index in [0.717, 1.165) is 34.3 Å². The van der Waals surface area contributed by atoms with Gasteiger partial charge in [-0.25, -0.2) is 0 Å². The van der Waals surface area contributed by atoms with E-state index in [0.29, 0.717) is 4.99 Å². The molecule has 0 saturated heterocycles. The quantitative estimate of drug-likeness (QED) is 0.763. The number of anilines is 2. The van der Waals surface area contributed by atoms with Crippen molar-refractivity contribution in [2.45, 2.75) is 19.8 Å². The zero-order valence-electron chi connectivity index (χ0n) is 11.3. The van der Waals surface area contributed by atoms with E-state index in [2.05, 4.69) is 46.4 Å². The molecule has 0 radical (unpaired) electrons. The summed E-state index contributed by atoms with van der Waals surface area (Å²) in [6.45, 7) is 2.18. The molecule has 20 heavy (non-hydrogen) atoms. The number of para-hydroxylation sites is 1. The number of halogens is 1. The number of hydrogen-bond acceptors (Lipinski definition) is 2. The highest BCUT2D eigenvalue weighted by Crippen LogP contribution is 2.29. The van der Waals surface area contributed by atoms with E-state index >= 15 is 0 Å². The van der Waals surface area contributed by atoms with E-state index < -0.39 is 0 Å². The maximum absolute atomic E-state index is 5.64. The second-order valence-electron chi connectivity index (χ2n) is 4.59. The molecule has 0 aromatic heterocycles. The Morgan fingerprint density at radius 1 is 1.20 bits per heavy atom. The van der Waals surface area contributed by atoms with E-state index in [-0.39, 0.29) is 0 Å². The van der Waals surface area contributed by atoms with Crippen LogP contribution in [0.1, 0.15) is 24.5 Å². The summed E-state index contributed by atoms with van der Waals surface area (Å²) in [6.07, 6.45) is 2.19. The van der Waals surface area contributed by atoms with Gasteiger partial charge in [0.15, 0.2) is 0 Å². The Hall–Kier alpha value is -1.39. The first-order chi connectivity index (χ1) is 9.61. The Bertz CT molecular complexity index is 626. The summed E-state index contributed by atoms with van der Waals surface area (Å²) < 4.78 is 0.953. The van der Waals surface area contributed by atoms with Gasteiger partial charge in [0.1, 0.15) is 4.99 Å². The van der Waals surface area contributed by atoms with Crippen LogP contribution in [-0.4, -0.2) is 4.99 Å². The molecule has 2 aromatic carbocycles. The lowest BCUT2D eigenvalue weighted by atomic mass is 10.1. The van der Waals surface area contributed by atoms with E-state index in [1.807, 2.05) is 24.3 Å². The first kappa shape index (κ1) is 15.0. The van der Waals surface area contributed by atoms with Gasteiger partial charge in [-0.05, 0) is 52.2 Å². The predicted octanol–water partition coefficient (Wildman–Crippen LogP) is 4.78. The van der Waals surface area contributed by atoms with Crippen LogP contribution in [0, 0.1) is 0 Å². The first-order valence-corrected chi connectivity index (χ1v) is 7.76. The maximum atomic E-state index is 5.64. The molecule has 0 aliphatic carbocycles. The molecule has 0 bridgehead atoms. The summed E-state index contributed by atoms with van der Waals surface area (Å²) in [7, 11) is 0.